The average molecular weight is 236 g/mol. The molecule has 0 spiro atoms. The van der Waals surface area contributed by atoms with Crippen molar-refractivity contribution in [2.75, 3.05) is 0 Å². The summed E-state index contributed by atoms with van der Waals surface area (Å²) in [5, 5.41) is 0. The van der Waals surface area contributed by atoms with Gasteiger partial charge >= 0.3 is 5.97 Å². The molecule has 3 nitrogen and oxygen atoms in total. The van der Waals surface area contributed by atoms with Crippen molar-refractivity contribution in [1.82, 2.24) is 0 Å². The lowest BCUT2D eigenvalue weighted by Gasteiger charge is -2.16. The lowest BCUT2D eigenvalue weighted by atomic mass is 10.1. The Morgan fingerprint density at radius 2 is 1.69 bits per heavy atom. The molecular weight excluding hydrogens is 220 g/mol. The minimum Gasteiger partial charge on any atom is -0.514 e. The first-order valence-corrected chi connectivity index (χ1v) is 8.59. The van der Waals surface area contributed by atoms with Gasteiger partial charge in [-0.15, -0.1) is 0 Å². The van der Waals surface area contributed by atoms with E-state index in [1.54, 1.807) is 0 Å². The summed E-state index contributed by atoms with van der Waals surface area (Å²) in [6.45, 7) is 5.63. The van der Waals surface area contributed by atoms with E-state index < -0.39 is 20.1 Å². The predicted octanol–water partition coefficient (Wildman–Crippen LogP) is 2.18. The topological polar surface area (TPSA) is 43.4 Å². The van der Waals surface area contributed by atoms with Crippen LogP contribution < -0.4 is 0 Å². The summed E-state index contributed by atoms with van der Waals surface area (Å²) < 4.78 is 5.12. The standard InChI is InChI=1S/C12H16O3Si/c1-16(2,3)15-12(14)11(13)9-10-7-5-4-6-8-10/h4-8H,9H2,1-3H3. The van der Waals surface area contributed by atoms with Crippen LogP contribution in [0, 0.1) is 0 Å². The highest BCUT2D eigenvalue weighted by molar-refractivity contribution is 6.72. The predicted molar refractivity (Wildman–Crippen MR) is 64.6 cm³/mol. The molecule has 0 N–H and O–H groups in total. The van der Waals surface area contributed by atoms with E-state index in [0.717, 1.165) is 5.56 Å². The molecule has 86 valence electrons. The molecule has 0 radical (unpaired) electrons. The summed E-state index contributed by atoms with van der Waals surface area (Å²) in [6.07, 6.45) is 0.115. The van der Waals surface area contributed by atoms with Crippen molar-refractivity contribution in [3.63, 3.8) is 0 Å². The molecule has 0 saturated carbocycles. The Hall–Kier alpha value is -1.42. The molecule has 0 unspecified atom stereocenters. The third kappa shape index (κ3) is 4.40. The van der Waals surface area contributed by atoms with E-state index >= 15 is 0 Å². The van der Waals surface area contributed by atoms with Crippen molar-refractivity contribution in [2.45, 2.75) is 26.1 Å². The highest BCUT2D eigenvalue weighted by Crippen LogP contribution is 2.06. The fraction of sp³-hybridized carbons (Fsp3) is 0.333. The molecule has 1 aromatic carbocycles. The van der Waals surface area contributed by atoms with Gasteiger partial charge in [0.15, 0.2) is 0 Å². The van der Waals surface area contributed by atoms with E-state index in [0.29, 0.717) is 0 Å². The molecule has 4 heteroatoms. The van der Waals surface area contributed by atoms with Crippen molar-refractivity contribution in [2.24, 2.45) is 0 Å². The second kappa shape index (κ2) is 5.07. The zero-order chi connectivity index (χ0) is 12.2. The smallest absolute Gasteiger partial charge is 0.361 e. The van der Waals surface area contributed by atoms with E-state index in [1.165, 1.54) is 0 Å². The Balaban J connectivity index is 2.57. The van der Waals surface area contributed by atoms with Crippen LogP contribution in [0.25, 0.3) is 0 Å². The monoisotopic (exact) mass is 236 g/mol. The number of benzene rings is 1. The van der Waals surface area contributed by atoms with Gasteiger partial charge in [0.2, 0.25) is 14.1 Å². The first kappa shape index (κ1) is 12.6. The van der Waals surface area contributed by atoms with Crippen LogP contribution >= 0.6 is 0 Å². The van der Waals surface area contributed by atoms with Gasteiger partial charge in [-0.05, 0) is 25.2 Å². The van der Waals surface area contributed by atoms with Crippen LogP contribution in [0.15, 0.2) is 30.3 Å². The van der Waals surface area contributed by atoms with Gasteiger partial charge in [-0.25, -0.2) is 4.79 Å². The highest BCUT2D eigenvalue weighted by Gasteiger charge is 2.24. The molecular formula is C12H16O3Si. The molecule has 0 aliphatic heterocycles. The molecule has 1 rings (SSSR count). The maximum absolute atomic E-state index is 11.5. The fourth-order valence-corrected chi connectivity index (χ4v) is 1.86. The van der Waals surface area contributed by atoms with Crippen LogP contribution in [0.1, 0.15) is 5.56 Å². The van der Waals surface area contributed by atoms with Gasteiger partial charge in [-0.1, -0.05) is 30.3 Å². The summed E-state index contributed by atoms with van der Waals surface area (Å²) in [7, 11) is -1.97. The van der Waals surface area contributed by atoms with Gasteiger partial charge in [0.05, 0.1) is 0 Å². The van der Waals surface area contributed by atoms with Crippen LogP contribution in [0.5, 0.6) is 0 Å². The van der Waals surface area contributed by atoms with Gasteiger partial charge in [-0.3, -0.25) is 4.79 Å². The normalized spacial score (nSPS) is 10.9. The van der Waals surface area contributed by atoms with Crippen LogP contribution in [0.4, 0.5) is 0 Å². The number of Topliss-reactive ketones (excluding diaryl/α,β-unsaturated/α-hetero) is 1. The largest absolute Gasteiger partial charge is 0.514 e. The maximum atomic E-state index is 11.5. The maximum Gasteiger partial charge on any atom is 0.361 e. The Kier molecular flexibility index (Phi) is 4.01. The molecule has 0 fully saturated rings. The summed E-state index contributed by atoms with van der Waals surface area (Å²) >= 11 is 0. The number of carbonyl (C=O) groups is 2. The second-order valence-corrected chi connectivity index (χ2v) is 9.02. The Labute approximate surface area is 96.6 Å². The molecule has 1 aromatic rings. The van der Waals surface area contributed by atoms with Crippen LogP contribution in [0.3, 0.4) is 0 Å². The van der Waals surface area contributed by atoms with E-state index in [1.807, 2.05) is 50.0 Å². The van der Waals surface area contributed by atoms with Crippen LogP contribution in [0.2, 0.25) is 19.6 Å². The summed E-state index contributed by atoms with van der Waals surface area (Å²) in [5.74, 6) is -1.18. The molecule has 0 aliphatic carbocycles. The van der Waals surface area contributed by atoms with E-state index in [-0.39, 0.29) is 6.42 Å². The van der Waals surface area contributed by atoms with Gasteiger partial charge < -0.3 is 4.43 Å². The molecule has 0 atom stereocenters. The molecule has 0 aromatic heterocycles. The van der Waals surface area contributed by atoms with Crippen LogP contribution in [-0.2, 0) is 20.4 Å². The SMILES string of the molecule is C[Si](C)(C)OC(=O)C(=O)Cc1ccccc1. The van der Waals surface area contributed by atoms with Crippen molar-refractivity contribution in [1.29, 1.82) is 0 Å². The number of hydrogen-bond acceptors (Lipinski definition) is 3. The first-order chi connectivity index (χ1) is 7.38. The van der Waals surface area contributed by atoms with Gasteiger partial charge in [-0.2, -0.15) is 0 Å². The number of hydrogen-bond donors (Lipinski definition) is 0. The number of ketones is 1. The Morgan fingerprint density at radius 3 is 2.19 bits per heavy atom. The zero-order valence-corrected chi connectivity index (χ0v) is 10.8. The van der Waals surface area contributed by atoms with Crippen molar-refractivity contribution in [3.05, 3.63) is 35.9 Å². The molecule has 0 aliphatic rings. The number of carbonyl (C=O) groups excluding carboxylic acids is 2. The average Bonchev–Trinajstić information content (AvgIpc) is 2.16. The van der Waals surface area contributed by atoms with Crippen molar-refractivity contribution < 1.29 is 14.0 Å². The second-order valence-electron chi connectivity index (χ2n) is 4.59. The van der Waals surface area contributed by atoms with Crippen molar-refractivity contribution >= 4 is 20.1 Å². The summed E-state index contributed by atoms with van der Waals surface area (Å²) in [6, 6.07) is 9.19. The van der Waals surface area contributed by atoms with Gasteiger partial charge in [0, 0.05) is 6.42 Å². The summed E-state index contributed by atoms with van der Waals surface area (Å²) in [5.41, 5.74) is 0.833. The van der Waals surface area contributed by atoms with E-state index in [2.05, 4.69) is 0 Å². The Bertz CT molecular complexity index is 379. The van der Waals surface area contributed by atoms with Crippen molar-refractivity contribution in [3.8, 4) is 0 Å². The summed E-state index contributed by atoms with van der Waals surface area (Å²) in [4.78, 5) is 23.0. The van der Waals surface area contributed by atoms with Gasteiger partial charge in [0.1, 0.15) is 0 Å². The van der Waals surface area contributed by atoms with Gasteiger partial charge in [0.25, 0.3) is 0 Å². The quantitative estimate of drug-likeness (QED) is 0.594. The lowest BCUT2D eigenvalue weighted by Crippen LogP contribution is -2.33. The van der Waals surface area contributed by atoms with E-state index in [4.69, 9.17) is 4.43 Å². The minimum atomic E-state index is -1.97. The number of rotatable bonds is 4. The molecule has 0 saturated heterocycles. The molecule has 16 heavy (non-hydrogen) atoms. The third-order valence-electron chi connectivity index (χ3n) is 1.83. The highest BCUT2D eigenvalue weighted by atomic mass is 28.4. The molecule has 0 amide bonds. The molecule has 0 bridgehead atoms. The first-order valence-electron chi connectivity index (χ1n) is 5.18. The fourth-order valence-electron chi connectivity index (χ4n) is 1.19. The third-order valence-corrected chi connectivity index (χ3v) is 2.63. The Morgan fingerprint density at radius 1 is 1.12 bits per heavy atom. The lowest BCUT2D eigenvalue weighted by molar-refractivity contribution is -0.147. The molecule has 0 heterocycles. The minimum absolute atomic E-state index is 0.115. The van der Waals surface area contributed by atoms with E-state index in [9.17, 15) is 9.59 Å². The van der Waals surface area contributed by atoms with Crippen LogP contribution in [-0.4, -0.2) is 20.1 Å². The zero-order valence-electron chi connectivity index (χ0n) is 9.82.